The summed E-state index contributed by atoms with van der Waals surface area (Å²) in [5, 5.41) is 6.13. The van der Waals surface area contributed by atoms with Gasteiger partial charge in [-0.2, -0.15) is 0 Å². The lowest BCUT2D eigenvalue weighted by atomic mass is 10.2. The van der Waals surface area contributed by atoms with Crippen molar-refractivity contribution in [3.63, 3.8) is 0 Å². The lowest BCUT2D eigenvalue weighted by molar-refractivity contribution is -0.116. The molecule has 0 atom stereocenters. The van der Waals surface area contributed by atoms with E-state index in [-0.39, 0.29) is 5.91 Å². The molecule has 106 valence electrons. The summed E-state index contributed by atoms with van der Waals surface area (Å²) in [4.78, 5) is 16.5. The lowest BCUT2D eigenvalue weighted by Gasteiger charge is -2.07. The van der Waals surface area contributed by atoms with Crippen LogP contribution in [0.1, 0.15) is 24.6 Å². The molecule has 4 nitrogen and oxygen atoms in total. The average Bonchev–Trinajstić information content (AvgIpc) is 2.84. The number of hydrogen-bond acceptors (Lipinski definition) is 4. The molecule has 0 aliphatic rings. The van der Waals surface area contributed by atoms with E-state index in [1.165, 1.54) is 11.3 Å². The number of rotatable bonds is 6. The van der Waals surface area contributed by atoms with Gasteiger partial charge in [-0.05, 0) is 30.7 Å². The van der Waals surface area contributed by atoms with Crippen LogP contribution in [-0.4, -0.2) is 10.9 Å². The summed E-state index contributed by atoms with van der Waals surface area (Å²) in [6.45, 7) is 2.67. The number of amides is 1. The summed E-state index contributed by atoms with van der Waals surface area (Å²) in [6.07, 6.45) is 3.16. The Labute approximate surface area is 127 Å². The highest BCUT2D eigenvalue weighted by molar-refractivity contribution is 7.15. The molecule has 1 heterocycles. The van der Waals surface area contributed by atoms with Crippen molar-refractivity contribution in [1.29, 1.82) is 0 Å². The maximum absolute atomic E-state index is 11.5. The standard InChI is InChI=1S/C14H16ClN3OS/c1-2-3-13(19)18-11-6-4-10(5-7-11)16-8-12-9-17-14(15)20-12/h4-7,9,16H,2-3,8H2,1H3,(H,18,19). The number of carbonyl (C=O) groups excluding carboxylic acids is 1. The maximum atomic E-state index is 11.5. The second-order valence-electron chi connectivity index (χ2n) is 4.31. The van der Waals surface area contributed by atoms with Crippen LogP contribution in [0.3, 0.4) is 0 Å². The van der Waals surface area contributed by atoms with Gasteiger partial charge in [-0.1, -0.05) is 18.5 Å². The molecule has 0 saturated heterocycles. The van der Waals surface area contributed by atoms with Crippen LogP contribution in [0.2, 0.25) is 4.47 Å². The number of nitrogens with one attached hydrogen (secondary N) is 2. The summed E-state index contributed by atoms with van der Waals surface area (Å²) >= 11 is 7.24. The van der Waals surface area contributed by atoms with E-state index in [4.69, 9.17) is 11.6 Å². The second-order valence-corrected chi connectivity index (χ2v) is 6.01. The van der Waals surface area contributed by atoms with Crippen LogP contribution in [0.4, 0.5) is 11.4 Å². The zero-order valence-corrected chi connectivity index (χ0v) is 12.7. The zero-order chi connectivity index (χ0) is 14.4. The van der Waals surface area contributed by atoms with Crippen molar-refractivity contribution < 1.29 is 4.79 Å². The van der Waals surface area contributed by atoms with Gasteiger partial charge in [-0.15, -0.1) is 11.3 Å². The number of carbonyl (C=O) groups is 1. The van der Waals surface area contributed by atoms with Crippen LogP contribution < -0.4 is 10.6 Å². The van der Waals surface area contributed by atoms with Gasteiger partial charge in [0.15, 0.2) is 4.47 Å². The summed E-state index contributed by atoms with van der Waals surface area (Å²) in [5.74, 6) is 0.0486. The highest BCUT2D eigenvalue weighted by Gasteiger charge is 2.02. The molecule has 0 aliphatic heterocycles. The van der Waals surface area contributed by atoms with Crippen molar-refractivity contribution in [1.82, 2.24) is 4.98 Å². The smallest absolute Gasteiger partial charge is 0.224 e. The summed E-state index contributed by atoms with van der Waals surface area (Å²) in [5.41, 5.74) is 1.80. The fraction of sp³-hybridized carbons (Fsp3) is 0.286. The highest BCUT2D eigenvalue weighted by Crippen LogP contribution is 2.20. The van der Waals surface area contributed by atoms with E-state index in [1.807, 2.05) is 31.2 Å². The van der Waals surface area contributed by atoms with Crippen LogP contribution >= 0.6 is 22.9 Å². The van der Waals surface area contributed by atoms with Gasteiger partial charge in [-0.25, -0.2) is 4.98 Å². The van der Waals surface area contributed by atoms with Crippen molar-refractivity contribution >= 4 is 40.2 Å². The molecular formula is C14H16ClN3OS. The third-order valence-corrected chi connectivity index (χ3v) is 3.75. The summed E-state index contributed by atoms with van der Waals surface area (Å²) < 4.78 is 0.552. The van der Waals surface area contributed by atoms with E-state index in [0.717, 1.165) is 22.7 Å². The number of anilines is 2. The largest absolute Gasteiger partial charge is 0.380 e. The Balaban J connectivity index is 1.86. The van der Waals surface area contributed by atoms with Gasteiger partial charge in [0, 0.05) is 28.9 Å². The molecule has 20 heavy (non-hydrogen) atoms. The van der Waals surface area contributed by atoms with Gasteiger partial charge in [0.25, 0.3) is 0 Å². The normalized spacial score (nSPS) is 10.3. The molecule has 0 unspecified atom stereocenters. The molecule has 1 aromatic heterocycles. The van der Waals surface area contributed by atoms with Gasteiger partial charge in [-0.3, -0.25) is 4.79 Å². The summed E-state index contributed by atoms with van der Waals surface area (Å²) in [7, 11) is 0. The Bertz CT molecular complexity index is 568. The van der Waals surface area contributed by atoms with E-state index < -0.39 is 0 Å². The van der Waals surface area contributed by atoms with E-state index in [9.17, 15) is 4.79 Å². The van der Waals surface area contributed by atoms with Gasteiger partial charge < -0.3 is 10.6 Å². The first-order chi connectivity index (χ1) is 9.67. The van der Waals surface area contributed by atoms with Crippen molar-refractivity contribution in [2.45, 2.75) is 26.3 Å². The number of benzene rings is 1. The Hall–Kier alpha value is -1.59. The Kier molecular flexibility index (Phi) is 5.38. The van der Waals surface area contributed by atoms with Gasteiger partial charge in [0.05, 0.1) is 6.54 Å². The average molecular weight is 310 g/mol. The molecule has 1 aromatic carbocycles. The van der Waals surface area contributed by atoms with E-state index >= 15 is 0 Å². The Morgan fingerprint density at radius 3 is 2.60 bits per heavy atom. The predicted octanol–water partition coefficient (Wildman–Crippen LogP) is 4.15. The molecule has 0 saturated carbocycles. The van der Waals surface area contributed by atoms with E-state index in [1.54, 1.807) is 6.20 Å². The first kappa shape index (κ1) is 14.8. The van der Waals surface area contributed by atoms with Crippen LogP contribution in [0.15, 0.2) is 30.5 Å². The molecule has 2 rings (SSSR count). The van der Waals surface area contributed by atoms with Crippen LogP contribution in [0.25, 0.3) is 0 Å². The molecule has 0 bridgehead atoms. The lowest BCUT2D eigenvalue weighted by Crippen LogP contribution is -2.10. The number of thiazole rings is 1. The maximum Gasteiger partial charge on any atom is 0.224 e. The van der Waals surface area contributed by atoms with Crippen molar-refractivity contribution in [3.8, 4) is 0 Å². The quantitative estimate of drug-likeness (QED) is 0.843. The fourth-order valence-electron chi connectivity index (χ4n) is 1.68. The molecule has 1 amide bonds. The topological polar surface area (TPSA) is 54.0 Å². The van der Waals surface area contributed by atoms with Gasteiger partial charge in [0.1, 0.15) is 0 Å². The number of hydrogen-bond donors (Lipinski definition) is 2. The molecule has 2 aromatic rings. The van der Waals surface area contributed by atoms with Crippen LogP contribution in [0, 0.1) is 0 Å². The SMILES string of the molecule is CCCC(=O)Nc1ccc(NCc2cnc(Cl)s2)cc1. The fourth-order valence-corrected chi connectivity index (χ4v) is 2.59. The van der Waals surface area contributed by atoms with E-state index in [2.05, 4.69) is 15.6 Å². The summed E-state index contributed by atoms with van der Waals surface area (Å²) in [6, 6.07) is 7.64. The minimum absolute atomic E-state index is 0.0486. The third-order valence-electron chi connectivity index (χ3n) is 2.64. The second kappa shape index (κ2) is 7.26. The number of halogens is 1. The minimum Gasteiger partial charge on any atom is -0.380 e. The van der Waals surface area contributed by atoms with Gasteiger partial charge >= 0.3 is 0 Å². The van der Waals surface area contributed by atoms with Crippen LogP contribution in [-0.2, 0) is 11.3 Å². The zero-order valence-electron chi connectivity index (χ0n) is 11.1. The minimum atomic E-state index is 0.0486. The number of nitrogens with zero attached hydrogens (tertiary/aromatic N) is 1. The molecular weight excluding hydrogens is 294 g/mol. The highest BCUT2D eigenvalue weighted by atomic mass is 35.5. The first-order valence-electron chi connectivity index (χ1n) is 6.41. The van der Waals surface area contributed by atoms with Gasteiger partial charge in [0.2, 0.25) is 5.91 Å². The number of aromatic nitrogens is 1. The molecule has 0 fully saturated rings. The first-order valence-corrected chi connectivity index (χ1v) is 7.61. The van der Waals surface area contributed by atoms with E-state index in [0.29, 0.717) is 17.4 Å². The predicted molar refractivity (Wildman–Crippen MR) is 84.4 cm³/mol. The molecule has 0 radical (unpaired) electrons. The van der Waals surface area contributed by atoms with Crippen molar-refractivity contribution in [2.75, 3.05) is 10.6 Å². The molecule has 2 N–H and O–H groups in total. The molecule has 0 aliphatic carbocycles. The monoisotopic (exact) mass is 309 g/mol. The molecule has 6 heteroatoms. The Morgan fingerprint density at radius 2 is 2.00 bits per heavy atom. The third kappa shape index (κ3) is 4.51. The van der Waals surface area contributed by atoms with Crippen LogP contribution in [0.5, 0.6) is 0 Å². The molecule has 0 spiro atoms. The Morgan fingerprint density at radius 1 is 1.30 bits per heavy atom. The van der Waals surface area contributed by atoms with Crippen molar-refractivity contribution in [2.24, 2.45) is 0 Å². The van der Waals surface area contributed by atoms with Crippen molar-refractivity contribution in [3.05, 3.63) is 39.8 Å².